The number of benzene rings is 2. The van der Waals surface area contributed by atoms with Gasteiger partial charge in [-0.3, -0.25) is 0 Å². The largest absolute Gasteiger partial charge is 0.494 e. The molecule has 0 atom stereocenters. The molecule has 0 aliphatic heterocycles. The number of hydrogen-bond acceptors (Lipinski definition) is 1. The molecule has 106 valence electrons. The highest BCUT2D eigenvalue weighted by Crippen LogP contribution is 2.12. The third-order valence-electron chi connectivity index (χ3n) is 3.28. The van der Waals surface area contributed by atoms with Gasteiger partial charge in [0.2, 0.25) is 0 Å². The maximum absolute atomic E-state index is 5.74. The van der Waals surface area contributed by atoms with Crippen molar-refractivity contribution in [3.05, 3.63) is 65.7 Å². The highest BCUT2D eigenvalue weighted by molar-refractivity contribution is 5.27. The fourth-order valence-corrected chi connectivity index (χ4v) is 2.17. The smallest absolute Gasteiger partial charge is 0.119 e. The van der Waals surface area contributed by atoms with E-state index in [0.717, 1.165) is 31.9 Å². The highest BCUT2D eigenvalue weighted by atomic mass is 16.5. The first-order chi connectivity index (χ1) is 9.84. The molecular formula is C18H24NO+. The zero-order chi connectivity index (χ0) is 14.0. The van der Waals surface area contributed by atoms with Gasteiger partial charge in [0.05, 0.1) is 13.2 Å². The molecule has 0 radical (unpaired) electrons. The Kier molecular flexibility index (Phi) is 6.12. The van der Waals surface area contributed by atoms with Crippen LogP contribution in [-0.4, -0.2) is 13.2 Å². The fraction of sp³-hybridized carbons (Fsp3) is 0.333. The van der Waals surface area contributed by atoms with E-state index in [4.69, 9.17) is 4.74 Å². The van der Waals surface area contributed by atoms with Crippen molar-refractivity contribution < 1.29 is 10.1 Å². The van der Waals surface area contributed by atoms with Crippen LogP contribution in [0.3, 0.4) is 0 Å². The van der Waals surface area contributed by atoms with E-state index in [1.807, 2.05) is 12.1 Å². The van der Waals surface area contributed by atoms with Gasteiger partial charge in [-0.05, 0) is 37.5 Å². The monoisotopic (exact) mass is 270 g/mol. The lowest BCUT2D eigenvalue weighted by molar-refractivity contribution is -0.671. The van der Waals surface area contributed by atoms with Gasteiger partial charge in [-0.2, -0.15) is 0 Å². The van der Waals surface area contributed by atoms with Crippen LogP contribution in [0.15, 0.2) is 54.6 Å². The summed E-state index contributed by atoms with van der Waals surface area (Å²) in [4.78, 5) is 0. The molecule has 0 amide bonds. The molecule has 0 fully saturated rings. The van der Waals surface area contributed by atoms with E-state index in [-0.39, 0.29) is 0 Å². The topological polar surface area (TPSA) is 25.8 Å². The Hall–Kier alpha value is -1.80. The van der Waals surface area contributed by atoms with E-state index in [9.17, 15) is 0 Å². The third kappa shape index (κ3) is 5.45. The number of rotatable bonds is 8. The lowest BCUT2D eigenvalue weighted by Gasteiger charge is -2.06. The van der Waals surface area contributed by atoms with Crippen LogP contribution in [0.1, 0.15) is 24.0 Å². The van der Waals surface area contributed by atoms with Crippen LogP contribution in [0.2, 0.25) is 0 Å². The molecular weight excluding hydrogens is 246 g/mol. The van der Waals surface area contributed by atoms with Gasteiger partial charge in [0, 0.05) is 5.56 Å². The van der Waals surface area contributed by atoms with Crippen LogP contribution in [-0.2, 0) is 6.54 Å². The van der Waals surface area contributed by atoms with E-state index in [1.54, 1.807) is 0 Å². The van der Waals surface area contributed by atoms with Gasteiger partial charge in [-0.1, -0.05) is 42.5 Å². The van der Waals surface area contributed by atoms with Gasteiger partial charge in [-0.25, -0.2) is 0 Å². The maximum Gasteiger partial charge on any atom is 0.119 e. The van der Waals surface area contributed by atoms with Crippen molar-refractivity contribution in [2.24, 2.45) is 0 Å². The molecule has 0 saturated carbocycles. The van der Waals surface area contributed by atoms with E-state index < -0.39 is 0 Å². The summed E-state index contributed by atoms with van der Waals surface area (Å²) in [5, 5.41) is 2.36. The van der Waals surface area contributed by atoms with Gasteiger partial charge >= 0.3 is 0 Å². The van der Waals surface area contributed by atoms with Crippen molar-refractivity contribution in [1.82, 2.24) is 0 Å². The second kappa shape index (κ2) is 8.39. The minimum atomic E-state index is 0.808. The Morgan fingerprint density at radius 1 is 0.950 bits per heavy atom. The molecule has 0 saturated heterocycles. The Bertz CT molecular complexity index is 496. The lowest BCUT2D eigenvalue weighted by Crippen LogP contribution is -2.82. The highest BCUT2D eigenvalue weighted by Gasteiger charge is 1.96. The summed E-state index contributed by atoms with van der Waals surface area (Å²) in [6.07, 6.45) is 2.30. The molecule has 0 heterocycles. The summed E-state index contributed by atoms with van der Waals surface area (Å²) >= 11 is 0. The Morgan fingerprint density at radius 3 is 2.60 bits per heavy atom. The third-order valence-corrected chi connectivity index (χ3v) is 3.28. The molecule has 2 nitrogen and oxygen atoms in total. The van der Waals surface area contributed by atoms with Crippen LogP contribution < -0.4 is 10.1 Å². The van der Waals surface area contributed by atoms with Crippen LogP contribution in [0.4, 0.5) is 0 Å². The first-order valence-corrected chi connectivity index (χ1v) is 7.39. The van der Waals surface area contributed by atoms with Crippen molar-refractivity contribution in [3.8, 4) is 5.75 Å². The number of hydrogen-bond donors (Lipinski definition) is 1. The molecule has 2 rings (SSSR count). The van der Waals surface area contributed by atoms with E-state index in [0.29, 0.717) is 0 Å². The van der Waals surface area contributed by atoms with Gasteiger partial charge in [0.25, 0.3) is 0 Å². The molecule has 0 aliphatic carbocycles. The molecule has 2 aromatic carbocycles. The molecule has 20 heavy (non-hydrogen) atoms. The maximum atomic E-state index is 5.74. The zero-order valence-corrected chi connectivity index (χ0v) is 12.2. The molecule has 2 heteroatoms. The normalized spacial score (nSPS) is 10.4. The SMILES string of the molecule is Cc1cccc(OCCCC[NH2+]Cc2ccccc2)c1. The summed E-state index contributed by atoms with van der Waals surface area (Å²) in [5.41, 5.74) is 2.64. The predicted octanol–water partition coefficient (Wildman–Crippen LogP) is 2.92. The quantitative estimate of drug-likeness (QED) is 0.733. The van der Waals surface area contributed by atoms with Gasteiger partial charge in [0.1, 0.15) is 12.3 Å². The summed E-state index contributed by atoms with van der Waals surface area (Å²) in [5.74, 6) is 0.985. The van der Waals surface area contributed by atoms with Crippen molar-refractivity contribution >= 4 is 0 Å². The Balaban J connectivity index is 1.52. The Labute approximate surface area is 121 Å². The second-order valence-electron chi connectivity index (χ2n) is 5.14. The summed E-state index contributed by atoms with van der Waals surface area (Å²) < 4.78 is 5.74. The van der Waals surface area contributed by atoms with Crippen LogP contribution in [0.25, 0.3) is 0 Å². The van der Waals surface area contributed by atoms with Gasteiger partial charge < -0.3 is 10.1 Å². The van der Waals surface area contributed by atoms with E-state index in [2.05, 4.69) is 54.7 Å². The standard InChI is InChI=1S/C18H23NO/c1-16-8-7-11-18(14-16)20-13-6-5-12-19-15-17-9-3-2-4-10-17/h2-4,7-11,14,19H,5-6,12-13,15H2,1H3/p+1. The summed E-state index contributed by atoms with van der Waals surface area (Å²) in [7, 11) is 0. The summed E-state index contributed by atoms with van der Waals surface area (Å²) in [6, 6.07) is 18.8. The number of aryl methyl sites for hydroxylation is 1. The first kappa shape index (κ1) is 14.6. The average molecular weight is 270 g/mol. The molecule has 0 aromatic heterocycles. The van der Waals surface area contributed by atoms with Gasteiger partial charge in [0.15, 0.2) is 0 Å². The molecule has 2 aromatic rings. The van der Waals surface area contributed by atoms with Crippen molar-refractivity contribution in [2.75, 3.05) is 13.2 Å². The van der Waals surface area contributed by atoms with Crippen LogP contribution >= 0.6 is 0 Å². The molecule has 0 spiro atoms. The second-order valence-corrected chi connectivity index (χ2v) is 5.14. The van der Waals surface area contributed by atoms with Crippen molar-refractivity contribution in [3.63, 3.8) is 0 Å². The minimum Gasteiger partial charge on any atom is -0.494 e. The molecule has 0 aliphatic rings. The van der Waals surface area contributed by atoms with E-state index in [1.165, 1.54) is 17.5 Å². The van der Waals surface area contributed by atoms with Crippen molar-refractivity contribution in [2.45, 2.75) is 26.3 Å². The number of ether oxygens (including phenoxy) is 1. The number of quaternary nitrogens is 1. The number of unbranched alkanes of at least 4 members (excludes halogenated alkanes) is 1. The lowest BCUT2D eigenvalue weighted by atomic mass is 10.2. The van der Waals surface area contributed by atoms with Crippen LogP contribution in [0.5, 0.6) is 5.75 Å². The van der Waals surface area contributed by atoms with Crippen molar-refractivity contribution in [1.29, 1.82) is 0 Å². The minimum absolute atomic E-state index is 0.808. The number of nitrogens with two attached hydrogens (primary N) is 1. The van der Waals surface area contributed by atoms with Gasteiger partial charge in [-0.15, -0.1) is 0 Å². The Morgan fingerprint density at radius 2 is 1.80 bits per heavy atom. The van der Waals surface area contributed by atoms with E-state index >= 15 is 0 Å². The zero-order valence-electron chi connectivity index (χ0n) is 12.2. The van der Waals surface area contributed by atoms with Crippen LogP contribution in [0, 0.1) is 6.92 Å². The summed E-state index contributed by atoms with van der Waals surface area (Å²) in [6.45, 7) is 5.12. The molecule has 0 bridgehead atoms. The predicted molar refractivity (Wildman–Crippen MR) is 82.8 cm³/mol. The average Bonchev–Trinajstić information content (AvgIpc) is 2.47. The fourth-order valence-electron chi connectivity index (χ4n) is 2.17. The molecule has 2 N–H and O–H groups in total. The first-order valence-electron chi connectivity index (χ1n) is 7.39. The molecule has 0 unspecified atom stereocenters.